The monoisotopic (exact) mass is 284 g/mol. The molecule has 21 heavy (non-hydrogen) atoms. The van der Waals surface area contributed by atoms with E-state index in [1.807, 2.05) is 0 Å². The molecule has 6 heteroatoms. The van der Waals surface area contributed by atoms with Gasteiger partial charge in [0.05, 0.1) is 16.7 Å². The highest BCUT2D eigenvalue weighted by Gasteiger charge is 2.39. The van der Waals surface area contributed by atoms with Gasteiger partial charge in [-0.15, -0.1) is 0 Å². The van der Waals surface area contributed by atoms with Gasteiger partial charge in [-0.2, -0.15) is 0 Å². The summed E-state index contributed by atoms with van der Waals surface area (Å²) in [5.74, 6) is -1.99. The van der Waals surface area contributed by atoms with Gasteiger partial charge >= 0.3 is 5.97 Å². The largest absolute Gasteiger partial charge is 0.365 e. The first-order chi connectivity index (χ1) is 10.0. The van der Waals surface area contributed by atoms with E-state index < -0.39 is 17.8 Å². The summed E-state index contributed by atoms with van der Waals surface area (Å²) in [7, 11) is 1.79. The second kappa shape index (κ2) is 4.59. The van der Waals surface area contributed by atoms with Crippen LogP contribution in [0, 0.1) is 6.92 Å². The van der Waals surface area contributed by atoms with E-state index in [-0.39, 0.29) is 11.1 Å². The maximum absolute atomic E-state index is 12.1. The highest BCUT2D eigenvalue weighted by Crippen LogP contribution is 2.23. The van der Waals surface area contributed by atoms with Crippen LogP contribution in [-0.4, -0.2) is 27.4 Å². The van der Waals surface area contributed by atoms with Crippen molar-refractivity contribution in [1.82, 2.24) is 9.63 Å². The Hall–Kier alpha value is -2.89. The van der Waals surface area contributed by atoms with Crippen LogP contribution in [0.1, 0.15) is 36.8 Å². The molecule has 0 atom stereocenters. The van der Waals surface area contributed by atoms with Crippen molar-refractivity contribution in [2.24, 2.45) is 7.05 Å². The van der Waals surface area contributed by atoms with Crippen LogP contribution in [0.3, 0.4) is 0 Å². The van der Waals surface area contributed by atoms with Crippen LogP contribution in [0.25, 0.3) is 0 Å². The van der Waals surface area contributed by atoms with Crippen molar-refractivity contribution in [2.75, 3.05) is 0 Å². The number of hydroxylamine groups is 2. The third kappa shape index (κ3) is 1.92. The van der Waals surface area contributed by atoms with Gasteiger partial charge in [0.1, 0.15) is 0 Å². The molecule has 0 bridgehead atoms. The Morgan fingerprint density at radius 2 is 1.62 bits per heavy atom. The van der Waals surface area contributed by atoms with Crippen LogP contribution in [-0.2, 0) is 11.9 Å². The minimum absolute atomic E-state index is 0.236. The van der Waals surface area contributed by atoms with Crippen LogP contribution in [0.15, 0.2) is 36.5 Å². The van der Waals surface area contributed by atoms with E-state index in [9.17, 15) is 14.4 Å². The summed E-state index contributed by atoms with van der Waals surface area (Å²) in [5.41, 5.74) is 1.48. The number of carbonyl (C=O) groups is 3. The summed E-state index contributed by atoms with van der Waals surface area (Å²) >= 11 is 0. The molecule has 0 saturated carbocycles. The van der Waals surface area contributed by atoms with E-state index in [0.29, 0.717) is 16.3 Å². The van der Waals surface area contributed by atoms with E-state index in [1.54, 1.807) is 42.9 Å². The Kier molecular flexibility index (Phi) is 2.86. The van der Waals surface area contributed by atoms with E-state index in [1.165, 1.54) is 12.1 Å². The molecular formula is C15H12N2O4. The van der Waals surface area contributed by atoms with Crippen LogP contribution >= 0.6 is 0 Å². The van der Waals surface area contributed by atoms with Crippen molar-refractivity contribution in [2.45, 2.75) is 6.92 Å². The van der Waals surface area contributed by atoms with Crippen LogP contribution in [0.4, 0.5) is 0 Å². The number of rotatable bonds is 2. The molecule has 1 aromatic heterocycles. The number of benzene rings is 1. The van der Waals surface area contributed by atoms with Crippen molar-refractivity contribution >= 4 is 17.8 Å². The molecule has 0 N–H and O–H groups in total. The first-order valence-corrected chi connectivity index (χ1v) is 6.32. The van der Waals surface area contributed by atoms with E-state index >= 15 is 0 Å². The molecule has 2 amide bonds. The molecule has 1 aromatic carbocycles. The van der Waals surface area contributed by atoms with Crippen molar-refractivity contribution in [1.29, 1.82) is 0 Å². The number of fused-ring (bicyclic) bond motifs is 1. The lowest BCUT2D eigenvalue weighted by atomic mass is 10.1. The van der Waals surface area contributed by atoms with E-state index in [4.69, 9.17) is 4.84 Å². The zero-order chi connectivity index (χ0) is 15.1. The topological polar surface area (TPSA) is 68.6 Å². The first kappa shape index (κ1) is 13.1. The zero-order valence-corrected chi connectivity index (χ0v) is 11.5. The molecule has 1 aliphatic heterocycles. The number of aryl methyl sites for hydroxylation is 1. The molecule has 0 radical (unpaired) electrons. The molecular weight excluding hydrogens is 272 g/mol. The number of imide groups is 1. The molecule has 2 heterocycles. The second-order valence-corrected chi connectivity index (χ2v) is 4.75. The van der Waals surface area contributed by atoms with Crippen molar-refractivity contribution in [3.63, 3.8) is 0 Å². The van der Waals surface area contributed by atoms with Crippen LogP contribution in [0.5, 0.6) is 0 Å². The number of carbonyl (C=O) groups excluding carboxylic acids is 3. The molecule has 106 valence electrons. The zero-order valence-electron chi connectivity index (χ0n) is 11.5. The average Bonchev–Trinajstić information content (AvgIpc) is 2.93. The summed E-state index contributed by atoms with van der Waals surface area (Å²) in [6.07, 6.45) is 1.70. The van der Waals surface area contributed by atoms with Gasteiger partial charge in [-0.3, -0.25) is 9.59 Å². The molecule has 0 aliphatic carbocycles. The van der Waals surface area contributed by atoms with Gasteiger partial charge in [-0.25, -0.2) is 4.79 Å². The van der Waals surface area contributed by atoms with Crippen LogP contribution < -0.4 is 0 Å². The normalized spacial score (nSPS) is 13.5. The van der Waals surface area contributed by atoms with Gasteiger partial charge in [0, 0.05) is 18.9 Å². The maximum Gasteiger partial charge on any atom is 0.365 e. The van der Waals surface area contributed by atoms with Gasteiger partial charge in [0.25, 0.3) is 11.8 Å². The summed E-state index contributed by atoms with van der Waals surface area (Å²) in [6, 6.07) is 7.93. The number of aromatic nitrogens is 1. The summed E-state index contributed by atoms with van der Waals surface area (Å²) in [6.45, 7) is 1.75. The van der Waals surface area contributed by atoms with Crippen molar-refractivity contribution in [3.05, 3.63) is 58.9 Å². The summed E-state index contributed by atoms with van der Waals surface area (Å²) in [5, 5.41) is 0.513. The Bertz CT molecular complexity index is 741. The van der Waals surface area contributed by atoms with Gasteiger partial charge in [0.2, 0.25) is 0 Å². The minimum Gasteiger partial charge on any atom is -0.354 e. The number of amides is 2. The minimum atomic E-state index is -0.734. The molecule has 1 aliphatic rings. The molecule has 0 saturated heterocycles. The molecule has 0 spiro atoms. The lowest BCUT2D eigenvalue weighted by molar-refractivity contribution is -0.0585. The Morgan fingerprint density at radius 1 is 1.05 bits per heavy atom. The molecule has 3 rings (SSSR count). The number of hydrogen-bond donors (Lipinski definition) is 0. The van der Waals surface area contributed by atoms with Gasteiger partial charge in [-0.05, 0) is 25.1 Å². The first-order valence-electron chi connectivity index (χ1n) is 6.32. The Labute approximate surface area is 120 Å². The van der Waals surface area contributed by atoms with Gasteiger partial charge in [-0.1, -0.05) is 17.2 Å². The smallest absolute Gasteiger partial charge is 0.354 e. The third-order valence-electron chi connectivity index (χ3n) is 3.53. The third-order valence-corrected chi connectivity index (χ3v) is 3.53. The summed E-state index contributed by atoms with van der Waals surface area (Å²) in [4.78, 5) is 41.2. The van der Waals surface area contributed by atoms with Crippen molar-refractivity contribution < 1.29 is 19.2 Å². The number of nitrogens with zero attached hydrogens (tertiary/aromatic N) is 2. The quantitative estimate of drug-likeness (QED) is 0.787. The fourth-order valence-electron chi connectivity index (χ4n) is 2.21. The van der Waals surface area contributed by atoms with Gasteiger partial charge in [0.15, 0.2) is 0 Å². The predicted molar refractivity (Wildman–Crippen MR) is 72.5 cm³/mol. The highest BCUT2D eigenvalue weighted by molar-refractivity contribution is 6.21. The molecule has 6 nitrogen and oxygen atoms in total. The Balaban J connectivity index is 1.87. The fraction of sp³-hybridized carbons (Fsp3) is 0.133. The predicted octanol–water partition coefficient (Wildman–Crippen LogP) is 1.70. The standard InChI is InChI=1S/C15H12N2O4/c1-9-10(7-8-16(9)2)15(20)21-17-13(18)11-5-3-4-6-12(11)14(17)19/h3-8H,1-2H3. The number of hydrogen-bond acceptors (Lipinski definition) is 4. The molecule has 0 unspecified atom stereocenters. The van der Waals surface area contributed by atoms with Crippen LogP contribution in [0.2, 0.25) is 0 Å². The lowest BCUT2D eigenvalue weighted by Crippen LogP contribution is -2.32. The highest BCUT2D eigenvalue weighted by atomic mass is 16.7. The molecule has 0 fully saturated rings. The SMILES string of the molecule is Cc1c(C(=O)ON2C(=O)c3ccccc3C2=O)ccn1C. The van der Waals surface area contributed by atoms with Crippen molar-refractivity contribution in [3.8, 4) is 0 Å². The van der Waals surface area contributed by atoms with Gasteiger partial charge < -0.3 is 9.40 Å². The summed E-state index contributed by atoms with van der Waals surface area (Å²) < 4.78 is 1.75. The van der Waals surface area contributed by atoms with E-state index in [0.717, 1.165) is 0 Å². The lowest BCUT2D eigenvalue weighted by Gasteiger charge is -2.12. The molecule has 2 aromatic rings. The average molecular weight is 284 g/mol. The maximum atomic E-state index is 12.1. The van der Waals surface area contributed by atoms with E-state index in [2.05, 4.69) is 0 Å². The fourth-order valence-corrected chi connectivity index (χ4v) is 2.21. The second-order valence-electron chi connectivity index (χ2n) is 4.75. The Morgan fingerprint density at radius 3 is 2.10 bits per heavy atom.